The number of hydrogen-bond donors (Lipinski definition) is 4. The molecule has 0 spiro atoms. The SMILES string of the molecule is C/C=C/CO[C@@H]1OC(CO)C(O)C(O)C1O. The van der Waals surface area contributed by atoms with Gasteiger partial charge in [0.2, 0.25) is 0 Å². The summed E-state index contributed by atoms with van der Waals surface area (Å²) in [7, 11) is 0. The lowest BCUT2D eigenvalue weighted by Gasteiger charge is -2.39. The van der Waals surface area contributed by atoms with Gasteiger partial charge >= 0.3 is 0 Å². The molecule has 0 aromatic rings. The Balaban J connectivity index is 2.56. The second-order valence-corrected chi connectivity index (χ2v) is 3.60. The van der Waals surface area contributed by atoms with Crippen molar-refractivity contribution in [3.63, 3.8) is 0 Å². The molecule has 4 unspecified atom stereocenters. The summed E-state index contributed by atoms with van der Waals surface area (Å²) in [6.45, 7) is 1.59. The van der Waals surface area contributed by atoms with Gasteiger partial charge in [0.15, 0.2) is 6.29 Å². The topological polar surface area (TPSA) is 99.4 Å². The number of aliphatic hydroxyl groups excluding tert-OH is 4. The van der Waals surface area contributed by atoms with Crippen LogP contribution in [0.3, 0.4) is 0 Å². The fourth-order valence-corrected chi connectivity index (χ4v) is 1.45. The molecule has 0 amide bonds. The molecule has 0 bridgehead atoms. The number of hydrogen-bond acceptors (Lipinski definition) is 6. The van der Waals surface area contributed by atoms with E-state index in [2.05, 4.69) is 0 Å². The molecule has 6 nitrogen and oxygen atoms in total. The monoisotopic (exact) mass is 234 g/mol. The number of aliphatic hydroxyl groups is 4. The largest absolute Gasteiger partial charge is 0.394 e. The quantitative estimate of drug-likeness (QED) is 0.436. The molecule has 0 aliphatic carbocycles. The zero-order valence-corrected chi connectivity index (χ0v) is 9.06. The van der Waals surface area contributed by atoms with Gasteiger partial charge < -0.3 is 29.9 Å². The number of allylic oxidation sites excluding steroid dienone is 1. The summed E-state index contributed by atoms with van der Waals surface area (Å²) in [5.41, 5.74) is 0. The Kier molecular flexibility index (Phi) is 5.33. The van der Waals surface area contributed by atoms with Crippen LogP contribution in [0.25, 0.3) is 0 Å². The first-order valence-electron chi connectivity index (χ1n) is 5.15. The molecule has 0 aromatic heterocycles. The summed E-state index contributed by atoms with van der Waals surface area (Å²) in [6.07, 6.45) is -2.56. The third-order valence-corrected chi connectivity index (χ3v) is 2.44. The molecule has 1 fully saturated rings. The highest BCUT2D eigenvalue weighted by atomic mass is 16.7. The van der Waals surface area contributed by atoms with Gasteiger partial charge in [-0.3, -0.25) is 0 Å². The maximum atomic E-state index is 9.55. The Morgan fingerprint density at radius 1 is 1.19 bits per heavy atom. The summed E-state index contributed by atoms with van der Waals surface area (Å²) in [6, 6.07) is 0. The van der Waals surface area contributed by atoms with Crippen LogP contribution in [0.2, 0.25) is 0 Å². The first-order valence-corrected chi connectivity index (χ1v) is 5.15. The van der Waals surface area contributed by atoms with Gasteiger partial charge in [0, 0.05) is 0 Å². The van der Waals surface area contributed by atoms with E-state index in [1.807, 2.05) is 6.92 Å². The van der Waals surface area contributed by atoms with Crippen LogP contribution in [0.5, 0.6) is 0 Å². The highest BCUT2D eigenvalue weighted by molar-refractivity contribution is 4.89. The third-order valence-electron chi connectivity index (χ3n) is 2.44. The smallest absolute Gasteiger partial charge is 0.187 e. The molecule has 1 rings (SSSR count). The van der Waals surface area contributed by atoms with Crippen molar-refractivity contribution >= 4 is 0 Å². The summed E-state index contributed by atoms with van der Waals surface area (Å²) >= 11 is 0. The van der Waals surface area contributed by atoms with Crippen molar-refractivity contribution in [3.8, 4) is 0 Å². The van der Waals surface area contributed by atoms with Gasteiger partial charge in [-0.2, -0.15) is 0 Å². The molecule has 5 atom stereocenters. The van der Waals surface area contributed by atoms with Crippen LogP contribution in [-0.4, -0.2) is 64.3 Å². The van der Waals surface area contributed by atoms with Crippen LogP contribution in [0.1, 0.15) is 6.92 Å². The van der Waals surface area contributed by atoms with Crippen molar-refractivity contribution in [2.45, 2.75) is 37.6 Å². The highest BCUT2D eigenvalue weighted by Gasteiger charge is 2.43. The summed E-state index contributed by atoms with van der Waals surface area (Å²) < 4.78 is 10.3. The van der Waals surface area contributed by atoms with Gasteiger partial charge in [0.05, 0.1) is 13.2 Å². The van der Waals surface area contributed by atoms with Crippen molar-refractivity contribution in [2.24, 2.45) is 0 Å². The van der Waals surface area contributed by atoms with Crippen molar-refractivity contribution in [3.05, 3.63) is 12.2 Å². The van der Waals surface area contributed by atoms with Gasteiger partial charge in [0.1, 0.15) is 24.4 Å². The molecule has 1 heterocycles. The predicted molar refractivity (Wildman–Crippen MR) is 54.5 cm³/mol. The molecule has 1 aliphatic heterocycles. The van der Waals surface area contributed by atoms with Gasteiger partial charge in [-0.15, -0.1) is 0 Å². The molecule has 0 aromatic carbocycles. The van der Waals surface area contributed by atoms with E-state index in [1.54, 1.807) is 12.2 Å². The lowest BCUT2D eigenvalue weighted by molar-refractivity contribution is -0.298. The lowest BCUT2D eigenvalue weighted by atomic mass is 9.99. The van der Waals surface area contributed by atoms with Gasteiger partial charge in [-0.25, -0.2) is 0 Å². The van der Waals surface area contributed by atoms with Crippen molar-refractivity contribution in [1.29, 1.82) is 0 Å². The minimum Gasteiger partial charge on any atom is -0.394 e. The summed E-state index contributed by atoms with van der Waals surface area (Å²) in [5.74, 6) is 0. The fraction of sp³-hybridized carbons (Fsp3) is 0.800. The van der Waals surface area contributed by atoms with Crippen LogP contribution in [0.4, 0.5) is 0 Å². The molecule has 0 saturated carbocycles. The second kappa shape index (κ2) is 6.29. The van der Waals surface area contributed by atoms with Crippen molar-refractivity contribution in [1.82, 2.24) is 0 Å². The summed E-state index contributed by atoms with van der Waals surface area (Å²) in [5, 5.41) is 37.4. The van der Waals surface area contributed by atoms with E-state index in [1.165, 1.54) is 0 Å². The minimum atomic E-state index is -1.39. The normalized spacial score (nSPS) is 40.4. The van der Waals surface area contributed by atoms with Gasteiger partial charge in [0.25, 0.3) is 0 Å². The average Bonchev–Trinajstić information content (AvgIpc) is 2.29. The van der Waals surface area contributed by atoms with E-state index >= 15 is 0 Å². The average molecular weight is 234 g/mol. The molecular formula is C10H18O6. The minimum absolute atomic E-state index is 0.221. The molecule has 16 heavy (non-hydrogen) atoms. The predicted octanol–water partition coefficient (Wildman–Crippen LogP) is -1.62. The molecule has 0 radical (unpaired) electrons. The number of rotatable bonds is 4. The van der Waals surface area contributed by atoms with Crippen LogP contribution < -0.4 is 0 Å². The van der Waals surface area contributed by atoms with E-state index < -0.39 is 37.3 Å². The zero-order chi connectivity index (χ0) is 12.1. The maximum Gasteiger partial charge on any atom is 0.187 e. The maximum absolute atomic E-state index is 9.55. The van der Waals surface area contributed by atoms with Crippen LogP contribution >= 0.6 is 0 Å². The second-order valence-electron chi connectivity index (χ2n) is 3.60. The first-order chi connectivity index (χ1) is 7.61. The van der Waals surface area contributed by atoms with Gasteiger partial charge in [-0.05, 0) is 6.92 Å². The Morgan fingerprint density at radius 3 is 2.44 bits per heavy atom. The standard InChI is InChI=1S/C10H18O6/c1-2-3-4-15-10-9(14)8(13)7(12)6(5-11)16-10/h2-3,6-14H,4-5H2,1H3/b3-2+/t6?,7?,8?,9?,10-/m1/s1. The molecular weight excluding hydrogens is 216 g/mol. The van der Waals surface area contributed by atoms with E-state index in [0.29, 0.717) is 0 Å². The summed E-state index contributed by atoms with van der Waals surface area (Å²) in [4.78, 5) is 0. The molecule has 1 aliphatic rings. The Labute approximate surface area is 93.7 Å². The van der Waals surface area contributed by atoms with Crippen molar-refractivity contribution in [2.75, 3.05) is 13.2 Å². The number of ether oxygens (including phenoxy) is 2. The fourth-order valence-electron chi connectivity index (χ4n) is 1.45. The van der Waals surface area contributed by atoms with E-state index in [0.717, 1.165) is 0 Å². The lowest BCUT2D eigenvalue weighted by Crippen LogP contribution is -2.59. The molecule has 94 valence electrons. The van der Waals surface area contributed by atoms with Crippen LogP contribution in [0.15, 0.2) is 12.2 Å². The Morgan fingerprint density at radius 2 is 1.88 bits per heavy atom. The Bertz CT molecular complexity index is 229. The first kappa shape index (κ1) is 13.6. The molecule has 6 heteroatoms. The van der Waals surface area contributed by atoms with Crippen molar-refractivity contribution < 1.29 is 29.9 Å². The van der Waals surface area contributed by atoms with E-state index in [4.69, 9.17) is 14.6 Å². The molecule has 1 saturated heterocycles. The highest BCUT2D eigenvalue weighted by Crippen LogP contribution is 2.21. The zero-order valence-electron chi connectivity index (χ0n) is 9.06. The molecule has 4 N–H and O–H groups in total. The Hall–Kier alpha value is -0.500. The van der Waals surface area contributed by atoms with Crippen LogP contribution in [-0.2, 0) is 9.47 Å². The van der Waals surface area contributed by atoms with Crippen LogP contribution in [0, 0.1) is 0 Å². The third kappa shape index (κ3) is 3.00. The van der Waals surface area contributed by atoms with E-state index in [-0.39, 0.29) is 6.61 Å². The van der Waals surface area contributed by atoms with E-state index in [9.17, 15) is 15.3 Å². The van der Waals surface area contributed by atoms with Gasteiger partial charge in [-0.1, -0.05) is 12.2 Å².